The fourth-order valence-electron chi connectivity index (χ4n) is 6.74. The van der Waals surface area contributed by atoms with Gasteiger partial charge in [-0.25, -0.2) is 13.6 Å². The number of alkyl halides is 2. The number of hydrogen-bond acceptors (Lipinski definition) is 5. The highest BCUT2D eigenvalue weighted by atomic mass is 19.3. The highest BCUT2D eigenvalue weighted by molar-refractivity contribution is 5.95. The van der Waals surface area contributed by atoms with Crippen LogP contribution in [0, 0.1) is 13.8 Å². The van der Waals surface area contributed by atoms with Gasteiger partial charge in [-0.3, -0.25) is 14.4 Å². The summed E-state index contributed by atoms with van der Waals surface area (Å²) < 4.78 is 39.9. The number of hydrogen-bond donors (Lipinski definition) is 0. The molecule has 0 amide bonds. The van der Waals surface area contributed by atoms with Crippen LogP contribution >= 0.6 is 0 Å². The van der Waals surface area contributed by atoms with Crippen molar-refractivity contribution >= 4 is 17.0 Å². The van der Waals surface area contributed by atoms with E-state index < -0.39 is 18.1 Å². The van der Waals surface area contributed by atoms with Crippen LogP contribution in [0.15, 0.2) is 42.6 Å². The van der Waals surface area contributed by atoms with E-state index in [1.165, 1.54) is 11.1 Å². The van der Waals surface area contributed by atoms with E-state index in [2.05, 4.69) is 36.1 Å². The molecule has 8 heteroatoms. The molecule has 0 spiro atoms. The quantitative estimate of drug-likeness (QED) is 0.333. The molecule has 2 bridgehead atoms. The van der Waals surface area contributed by atoms with Gasteiger partial charge < -0.3 is 9.47 Å². The summed E-state index contributed by atoms with van der Waals surface area (Å²) in [5.74, 6) is 0.781. The molecule has 1 aromatic heterocycles. The van der Waals surface area contributed by atoms with Crippen LogP contribution in [0.2, 0.25) is 0 Å². The van der Waals surface area contributed by atoms with Gasteiger partial charge in [-0.2, -0.15) is 0 Å². The predicted molar refractivity (Wildman–Crippen MR) is 153 cm³/mol. The van der Waals surface area contributed by atoms with E-state index in [9.17, 15) is 13.6 Å². The van der Waals surface area contributed by atoms with E-state index in [0.717, 1.165) is 53.6 Å². The largest absolute Gasteiger partial charge is 0.496 e. The zero-order valence-electron chi connectivity index (χ0n) is 24.5. The average Bonchev–Trinajstić information content (AvgIpc) is 3.34. The van der Waals surface area contributed by atoms with Crippen molar-refractivity contribution in [3.63, 3.8) is 0 Å². The number of rotatable bonds is 6. The van der Waals surface area contributed by atoms with Crippen molar-refractivity contribution < 1.29 is 23.0 Å². The SMILES string of the molecule is COc1cc(C)c2c(ccn2C(=O)OC(C)(C)C)c1CN1CCC2CC1(c1ccc(C)cc1)CCN2CC(F)F. The molecule has 0 N–H and O–H groups in total. The Hall–Kier alpha value is -2.97. The average molecular weight is 554 g/mol. The second kappa shape index (κ2) is 10.8. The fourth-order valence-corrected chi connectivity index (χ4v) is 6.74. The normalized spacial score (nSPS) is 22.2. The molecule has 0 radical (unpaired) electrons. The van der Waals surface area contributed by atoms with Crippen molar-refractivity contribution in [2.75, 3.05) is 26.7 Å². The zero-order valence-corrected chi connectivity index (χ0v) is 24.5. The van der Waals surface area contributed by atoms with E-state index in [-0.39, 0.29) is 18.1 Å². The maximum Gasteiger partial charge on any atom is 0.419 e. The Morgan fingerprint density at radius 1 is 1.12 bits per heavy atom. The molecule has 40 heavy (non-hydrogen) atoms. The molecule has 3 aromatic rings. The summed E-state index contributed by atoms with van der Waals surface area (Å²) in [4.78, 5) is 17.6. The molecule has 0 saturated carbocycles. The number of piperidine rings is 2. The predicted octanol–water partition coefficient (Wildman–Crippen LogP) is 6.88. The van der Waals surface area contributed by atoms with Gasteiger partial charge in [0.2, 0.25) is 0 Å². The third-order valence-corrected chi connectivity index (χ3v) is 8.59. The van der Waals surface area contributed by atoms with Crippen LogP contribution in [0.1, 0.15) is 62.3 Å². The first-order valence-corrected chi connectivity index (χ1v) is 14.2. The highest BCUT2D eigenvalue weighted by Crippen LogP contribution is 2.47. The molecular formula is C32H41F2N3O3. The first-order valence-electron chi connectivity index (χ1n) is 14.2. The summed E-state index contributed by atoms with van der Waals surface area (Å²) in [6.07, 6.45) is 1.44. The van der Waals surface area contributed by atoms with Crippen LogP contribution in [-0.4, -0.2) is 65.3 Å². The van der Waals surface area contributed by atoms with Crippen LogP contribution in [0.4, 0.5) is 13.6 Å². The van der Waals surface area contributed by atoms with E-state index in [1.54, 1.807) is 17.9 Å². The molecule has 216 valence electrons. The number of nitrogens with zero attached hydrogens (tertiary/aromatic N) is 3. The lowest BCUT2D eigenvalue weighted by atomic mass is 9.72. The van der Waals surface area contributed by atoms with E-state index in [4.69, 9.17) is 9.47 Å². The number of halogens is 2. The van der Waals surface area contributed by atoms with E-state index in [1.807, 2.05) is 44.7 Å². The smallest absolute Gasteiger partial charge is 0.419 e. The summed E-state index contributed by atoms with van der Waals surface area (Å²) in [5.41, 5.74) is 4.30. The molecule has 2 unspecified atom stereocenters. The fraction of sp³-hybridized carbons (Fsp3) is 0.531. The van der Waals surface area contributed by atoms with E-state index in [0.29, 0.717) is 13.1 Å². The van der Waals surface area contributed by atoms with Crippen LogP contribution in [0.3, 0.4) is 0 Å². The van der Waals surface area contributed by atoms with Crippen molar-refractivity contribution in [2.45, 2.75) is 84.0 Å². The molecule has 5 rings (SSSR count). The lowest BCUT2D eigenvalue weighted by molar-refractivity contribution is -0.0731. The second-order valence-electron chi connectivity index (χ2n) is 12.4. The van der Waals surface area contributed by atoms with Crippen molar-refractivity contribution in [3.05, 3.63) is 64.8 Å². The molecule has 2 saturated heterocycles. The molecule has 3 heterocycles. The Morgan fingerprint density at radius 3 is 2.50 bits per heavy atom. The van der Waals surface area contributed by atoms with Crippen LogP contribution in [0.25, 0.3) is 10.9 Å². The van der Waals surface area contributed by atoms with Crippen LogP contribution < -0.4 is 4.74 Å². The Labute approximate surface area is 235 Å². The molecule has 0 aliphatic carbocycles. The minimum atomic E-state index is -2.33. The zero-order chi connectivity index (χ0) is 28.8. The molecule has 2 aliphatic heterocycles. The highest BCUT2D eigenvalue weighted by Gasteiger charge is 2.48. The number of aromatic nitrogens is 1. The molecular weight excluding hydrogens is 512 g/mol. The summed E-state index contributed by atoms with van der Waals surface area (Å²) in [5, 5.41) is 0.957. The third kappa shape index (κ3) is 5.36. The molecule has 2 fully saturated rings. The minimum absolute atomic E-state index is 0.119. The Morgan fingerprint density at radius 2 is 1.85 bits per heavy atom. The third-order valence-electron chi connectivity index (χ3n) is 8.59. The first-order chi connectivity index (χ1) is 18.9. The summed E-state index contributed by atoms with van der Waals surface area (Å²) in [6, 6.07) is 12.8. The molecule has 2 aliphatic rings. The standard InChI is InChI=1S/C32H41F2N3O3/c1-21-7-9-23(10-8-21)32-13-16-35(20-28(33)34)24(18-32)11-14-36(32)19-26-25-12-15-37(30(38)40-31(3,4)5)29(25)22(2)17-27(26)39-6/h7-10,12,15,17,24,28H,11,13-14,16,18-20H2,1-6H3. The lowest BCUT2D eigenvalue weighted by Gasteiger charge is -2.56. The van der Waals surface area contributed by atoms with Crippen molar-refractivity contribution in [2.24, 2.45) is 0 Å². The number of aryl methyl sites for hydroxylation is 2. The van der Waals surface area contributed by atoms with Gasteiger partial charge in [-0.15, -0.1) is 0 Å². The number of likely N-dealkylation sites (tertiary alicyclic amines) is 2. The Bertz CT molecular complexity index is 1380. The van der Waals surface area contributed by atoms with Crippen LogP contribution in [-0.2, 0) is 16.8 Å². The lowest BCUT2D eigenvalue weighted by Crippen LogP contribution is -2.61. The number of ether oxygens (including phenoxy) is 2. The van der Waals surface area contributed by atoms with Gasteiger partial charge >= 0.3 is 6.09 Å². The van der Waals surface area contributed by atoms with Gasteiger partial charge in [0.05, 0.1) is 19.2 Å². The van der Waals surface area contributed by atoms with Gasteiger partial charge in [-0.05, 0) is 77.1 Å². The summed E-state index contributed by atoms with van der Waals surface area (Å²) in [7, 11) is 1.68. The number of carbonyl (C=O) groups excluding carboxylic acids is 1. The Kier molecular flexibility index (Phi) is 7.70. The second-order valence-corrected chi connectivity index (χ2v) is 12.4. The van der Waals surface area contributed by atoms with Crippen molar-refractivity contribution in [1.82, 2.24) is 14.4 Å². The monoisotopic (exact) mass is 553 g/mol. The topological polar surface area (TPSA) is 46.9 Å². The van der Waals surface area contributed by atoms with Gasteiger partial charge in [0, 0.05) is 48.4 Å². The maximum absolute atomic E-state index is 13.4. The van der Waals surface area contributed by atoms with Gasteiger partial charge in [0.15, 0.2) is 0 Å². The summed E-state index contributed by atoms with van der Waals surface area (Å²) in [6.45, 7) is 11.5. The van der Waals surface area contributed by atoms with Crippen LogP contribution in [0.5, 0.6) is 5.75 Å². The minimum Gasteiger partial charge on any atom is -0.496 e. The van der Waals surface area contributed by atoms with Crippen molar-refractivity contribution in [3.8, 4) is 5.75 Å². The Balaban J connectivity index is 1.56. The number of fused-ring (bicyclic) bond motifs is 3. The number of methoxy groups -OCH3 is 1. The first kappa shape index (κ1) is 28.6. The van der Waals surface area contributed by atoms with Gasteiger partial charge in [-0.1, -0.05) is 29.8 Å². The number of benzene rings is 2. The maximum atomic E-state index is 13.4. The van der Waals surface area contributed by atoms with E-state index >= 15 is 0 Å². The van der Waals surface area contributed by atoms with Crippen molar-refractivity contribution in [1.29, 1.82) is 0 Å². The molecule has 2 aromatic carbocycles. The molecule has 2 atom stereocenters. The summed E-state index contributed by atoms with van der Waals surface area (Å²) >= 11 is 0. The number of carbonyl (C=O) groups is 1. The molecule has 6 nitrogen and oxygen atoms in total. The van der Waals surface area contributed by atoms with Gasteiger partial charge in [0.25, 0.3) is 6.43 Å². The van der Waals surface area contributed by atoms with Gasteiger partial charge in [0.1, 0.15) is 11.4 Å².